The van der Waals surface area contributed by atoms with Crippen molar-refractivity contribution in [1.82, 2.24) is 5.43 Å². The Morgan fingerprint density at radius 2 is 2.24 bits per heavy atom. The molecule has 0 bridgehead atoms. The summed E-state index contributed by atoms with van der Waals surface area (Å²) >= 11 is 0. The number of hydrogen-bond donors (Lipinski definition) is 3. The van der Waals surface area contributed by atoms with Crippen molar-refractivity contribution in [3.63, 3.8) is 0 Å². The average Bonchev–Trinajstić information content (AvgIpc) is 2.31. The molecular formula is C10H11N3O4. The number of carbonyl (C=O) groups excluding carboxylic acids is 2. The van der Waals surface area contributed by atoms with Crippen LogP contribution >= 0.6 is 0 Å². The van der Waals surface area contributed by atoms with Gasteiger partial charge in [-0.05, 0) is 12.1 Å². The molecule has 0 saturated heterocycles. The summed E-state index contributed by atoms with van der Waals surface area (Å²) in [5.74, 6) is -2.03. The number of phenolic OH excluding ortho intramolecular Hbond substituents is 1. The summed E-state index contributed by atoms with van der Waals surface area (Å²) in [6.45, 7) is 0. The third-order valence-electron chi connectivity index (χ3n) is 1.84. The van der Waals surface area contributed by atoms with Crippen LogP contribution in [0.15, 0.2) is 23.3 Å². The molecule has 1 aromatic carbocycles. The van der Waals surface area contributed by atoms with Crippen molar-refractivity contribution in [3.05, 3.63) is 23.8 Å². The van der Waals surface area contributed by atoms with E-state index in [1.807, 2.05) is 5.43 Å². The Morgan fingerprint density at radius 3 is 2.82 bits per heavy atom. The normalized spacial score (nSPS) is 10.2. The van der Waals surface area contributed by atoms with Gasteiger partial charge in [0.2, 0.25) is 0 Å². The SMILES string of the molecule is COc1cccc(/C=N\NC(=O)C(N)=O)c1O. The standard InChI is InChI=1S/C10H11N3O4/c1-17-7-4-2-3-6(8(7)14)5-12-13-10(16)9(11)15/h2-5,14H,1H3,(H2,11,15)(H,13,16)/b12-5-. The lowest BCUT2D eigenvalue weighted by Crippen LogP contribution is -2.32. The van der Waals surface area contributed by atoms with Gasteiger partial charge >= 0.3 is 11.8 Å². The number of amides is 2. The lowest BCUT2D eigenvalue weighted by atomic mass is 10.2. The van der Waals surface area contributed by atoms with Gasteiger partial charge in [0.15, 0.2) is 11.5 Å². The molecule has 2 amide bonds. The summed E-state index contributed by atoms with van der Waals surface area (Å²) < 4.78 is 4.88. The number of phenols is 1. The van der Waals surface area contributed by atoms with Crippen LogP contribution in [0.3, 0.4) is 0 Å². The molecular weight excluding hydrogens is 226 g/mol. The highest BCUT2D eigenvalue weighted by atomic mass is 16.5. The molecule has 7 heteroatoms. The molecule has 1 aromatic rings. The van der Waals surface area contributed by atoms with Crippen LogP contribution in [0.4, 0.5) is 0 Å². The van der Waals surface area contributed by atoms with Crippen LogP contribution in [0, 0.1) is 0 Å². The van der Waals surface area contributed by atoms with Crippen LogP contribution in [0.1, 0.15) is 5.56 Å². The Balaban J connectivity index is 2.78. The highest BCUT2D eigenvalue weighted by Crippen LogP contribution is 2.27. The molecule has 0 aliphatic carbocycles. The quantitative estimate of drug-likeness (QED) is 0.367. The minimum atomic E-state index is -1.14. The van der Waals surface area contributed by atoms with Crippen molar-refractivity contribution in [2.24, 2.45) is 10.8 Å². The fourth-order valence-electron chi connectivity index (χ4n) is 1.02. The van der Waals surface area contributed by atoms with E-state index in [0.717, 1.165) is 0 Å². The number of hydrogen-bond acceptors (Lipinski definition) is 5. The van der Waals surface area contributed by atoms with Gasteiger partial charge in [-0.15, -0.1) is 0 Å². The number of nitrogens with zero attached hydrogens (tertiary/aromatic N) is 1. The van der Waals surface area contributed by atoms with Crippen LogP contribution in [0.2, 0.25) is 0 Å². The average molecular weight is 237 g/mol. The second-order valence-electron chi connectivity index (χ2n) is 2.96. The molecule has 0 aliphatic rings. The molecule has 1 rings (SSSR count). The molecule has 0 saturated carbocycles. The Hall–Kier alpha value is -2.57. The number of ether oxygens (including phenoxy) is 1. The van der Waals surface area contributed by atoms with Gasteiger partial charge in [-0.25, -0.2) is 5.43 Å². The first kappa shape index (κ1) is 12.5. The summed E-state index contributed by atoms with van der Waals surface area (Å²) in [5, 5.41) is 13.1. The van der Waals surface area contributed by atoms with Crippen molar-refractivity contribution in [2.45, 2.75) is 0 Å². The van der Waals surface area contributed by atoms with Gasteiger partial charge in [0.05, 0.1) is 13.3 Å². The van der Waals surface area contributed by atoms with E-state index in [4.69, 9.17) is 10.5 Å². The van der Waals surface area contributed by atoms with Crippen LogP contribution in [-0.4, -0.2) is 30.2 Å². The van der Waals surface area contributed by atoms with E-state index in [2.05, 4.69) is 5.10 Å². The molecule has 0 atom stereocenters. The molecule has 0 aromatic heterocycles. The van der Waals surface area contributed by atoms with Crippen molar-refractivity contribution in [2.75, 3.05) is 7.11 Å². The summed E-state index contributed by atoms with van der Waals surface area (Å²) in [5.41, 5.74) is 6.92. The summed E-state index contributed by atoms with van der Waals surface area (Å²) in [4.78, 5) is 21.1. The largest absolute Gasteiger partial charge is 0.504 e. The van der Waals surface area contributed by atoms with E-state index < -0.39 is 11.8 Å². The van der Waals surface area contributed by atoms with E-state index in [0.29, 0.717) is 5.56 Å². The van der Waals surface area contributed by atoms with Gasteiger partial charge in [-0.2, -0.15) is 5.10 Å². The maximum atomic E-state index is 10.8. The predicted octanol–water partition coefficient (Wildman–Crippen LogP) is -0.664. The minimum Gasteiger partial charge on any atom is -0.504 e. The zero-order valence-corrected chi connectivity index (χ0v) is 9.01. The summed E-state index contributed by atoms with van der Waals surface area (Å²) in [7, 11) is 1.41. The predicted molar refractivity (Wildman–Crippen MR) is 59.6 cm³/mol. The first-order valence-corrected chi connectivity index (χ1v) is 4.55. The third-order valence-corrected chi connectivity index (χ3v) is 1.84. The number of carbonyl (C=O) groups is 2. The zero-order chi connectivity index (χ0) is 12.8. The van der Waals surface area contributed by atoms with Crippen molar-refractivity contribution >= 4 is 18.0 Å². The van der Waals surface area contributed by atoms with Gasteiger partial charge in [-0.1, -0.05) is 6.07 Å². The Bertz CT molecular complexity index is 471. The maximum absolute atomic E-state index is 10.8. The van der Waals surface area contributed by atoms with E-state index in [1.165, 1.54) is 13.3 Å². The number of primary amides is 1. The number of nitrogens with one attached hydrogen (secondary N) is 1. The second-order valence-corrected chi connectivity index (χ2v) is 2.96. The van der Waals surface area contributed by atoms with E-state index in [1.54, 1.807) is 18.2 Å². The van der Waals surface area contributed by atoms with Crippen LogP contribution < -0.4 is 15.9 Å². The zero-order valence-electron chi connectivity index (χ0n) is 9.01. The number of rotatable bonds is 3. The van der Waals surface area contributed by atoms with Gasteiger partial charge < -0.3 is 15.6 Å². The molecule has 0 unspecified atom stereocenters. The minimum absolute atomic E-state index is 0.118. The van der Waals surface area contributed by atoms with E-state index in [-0.39, 0.29) is 11.5 Å². The number of para-hydroxylation sites is 1. The molecule has 0 fully saturated rings. The summed E-state index contributed by atoms with van der Waals surface area (Å²) in [6.07, 6.45) is 1.17. The number of methoxy groups -OCH3 is 1. The van der Waals surface area contributed by atoms with Crippen LogP contribution in [0.25, 0.3) is 0 Å². The Kier molecular flexibility index (Phi) is 4.04. The van der Waals surface area contributed by atoms with Gasteiger partial charge in [0.1, 0.15) is 0 Å². The molecule has 0 spiro atoms. The lowest BCUT2D eigenvalue weighted by Gasteiger charge is -2.04. The van der Waals surface area contributed by atoms with Crippen molar-refractivity contribution < 1.29 is 19.4 Å². The number of benzene rings is 1. The first-order valence-electron chi connectivity index (χ1n) is 4.55. The third kappa shape index (κ3) is 3.20. The van der Waals surface area contributed by atoms with E-state index >= 15 is 0 Å². The molecule has 0 radical (unpaired) electrons. The topological polar surface area (TPSA) is 114 Å². The molecule has 0 heterocycles. The van der Waals surface area contributed by atoms with Gasteiger partial charge in [-0.3, -0.25) is 9.59 Å². The van der Waals surface area contributed by atoms with Crippen molar-refractivity contribution in [3.8, 4) is 11.5 Å². The Labute approximate surface area is 96.9 Å². The number of hydrazone groups is 1. The molecule has 17 heavy (non-hydrogen) atoms. The monoisotopic (exact) mass is 237 g/mol. The van der Waals surface area contributed by atoms with Gasteiger partial charge in [0, 0.05) is 5.56 Å². The number of aromatic hydroxyl groups is 1. The highest BCUT2D eigenvalue weighted by Gasteiger charge is 2.07. The molecule has 0 aliphatic heterocycles. The fraction of sp³-hybridized carbons (Fsp3) is 0.100. The first-order chi connectivity index (χ1) is 8.06. The second kappa shape index (κ2) is 5.50. The smallest absolute Gasteiger partial charge is 0.329 e. The number of nitrogens with two attached hydrogens (primary N) is 1. The maximum Gasteiger partial charge on any atom is 0.329 e. The summed E-state index contributed by atoms with van der Waals surface area (Å²) in [6, 6.07) is 4.75. The fourth-order valence-corrected chi connectivity index (χ4v) is 1.02. The lowest BCUT2D eigenvalue weighted by molar-refractivity contribution is -0.137. The van der Waals surface area contributed by atoms with Gasteiger partial charge in [0.25, 0.3) is 0 Å². The molecule has 7 nitrogen and oxygen atoms in total. The van der Waals surface area contributed by atoms with Crippen molar-refractivity contribution in [1.29, 1.82) is 0 Å². The molecule has 4 N–H and O–H groups in total. The highest BCUT2D eigenvalue weighted by molar-refractivity contribution is 6.34. The van der Waals surface area contributed by atoms with E-state index in [9.17, 15) is 14.7 Å². The van der Waals surface area contributed by atoms with Crippen LogP contribution in [0.5, 0.6) is 11.5 Å². The Morgan fingerprint density at radius 1 is 1.53 bits per heavy atom. The molecule has 90 valence electrons. The van der Waals surface area contributed by atoms with Crippen LogP contribution in [-0.2, 0) is 9.59 Å².